The van der Waals surface area contributed by atoms with Gasteiger partial charge in [-0.3, -0.25) is 0 Å². The molecule has 0 spiro atoms. The van der Waals surface area contributed by atoms with Gasteiger partial charge in [-0.25, -0.2) is 4.79 Å². The van der Waals surface area contributed by atoms with E-state index in [0.29, 0.717) is 17.9 Å². The molecule has 0 aliphatic heterocycles. The zero-order valence-corrected chi connectivity index (χ0v) is 12.6. The van der Waals surface area contributed by atoms with Crippen molar-refractivity contribution in [1.29, 1.82) is 0 Å². The van der Waals surface area contributed by atoms with Crippen LogP contribution in [0.2, 0.25) is 0 Å². The Labute approximate surface area is 126 Å². The molecule has 0 aliphatic rings. The summed E-state index contributed by atoms with van der Waals surface area (Å²) in [5.74, 6) is -0.958. The largest absolute Gasteiger partial charge is 0.478 e. The molecule has 0 saturated heterocycles. The van der Waals surface area contributed by atoms with Crippen LogP contribution in [-0.2, 0) is 6.54 Å². The number of hydrogen-bond donors (Lipinski definition) is 2. The maximum absolute atomic E-state index is 11.0. The van der Waals surface area contributed by atoms with Crippen LogP contribution in [0.5, 0.6) is 0 Å². The smallest absolute Gasteiger partial charge is 0.335 e. The molecule has 104 valence electrons. The lowest BCUT2D eigenvalue weighted by Crippen LogP contribution is -2.18. The summed E-state index contributed by atoms with van der Waals surface area (Å²) >= 11 is 3.50. The van der Waals surface area contributed by atoms with Gasteiger partial charge in [0.15, 0.2) is 0 Å². The normalized spacial score (nSPS) is 10.3. The number of halogens is 1. The van der Waals surface area contributed by atoms with Crippen LogP contribution >= 0.6 is 15.9 Å². The van der Waals surface area contributed by atoms with Gasteiger partial charge in [0.2, 0.25) is 0 Å². The molecular weight excluding hydrogens is 320 g/mol. The van der Waals surface area contributed by atoms with Gasteiger partial charge in [-0.2, -0.15) is 0 Å². The summed E-state index contributed by atoms with van der Waals surface area (Å²) in [5, 5.41) is 9.05. The highest BCUT2D eigenvalue weighted by atomic mass is 79.9. The fourth-order valence-electron chi connectivity index (χ4n) is 1.97. The maximum Gasteiger partial charge on any atom is 0.335 e. The molecule has 3 N–H and O–H groups in total. The van der Waals surface area contributed by atoms with Crippen molar-refractivity contribution in [2.75, 3.05) is 17.7 Å². The summed E-state index contributed by atoms with van der Waals surface area (Å²) in [6.45, 7) is 0.634. The molecule has 0 bridgehead atoms. The number of carboxylic acid groups (broad SMARTS) is 1. The number of carbonyl (C=O) groups is 1. The molecule has 0 heterocycles. The average Bonchev–Trinajstić information content (AvgIpc) is 2.41. The van der Waals surface area contributed by atoms with Crippen LogP contribution in [0.3, 0.4) is 0 Å². The summed E-state index contributed by atoms with van der Waals surface area (Å²) in [6.07, 6.45) is 0. The van der Waals surface area contributed by atoms with Gasteiger partial charge < -0.3 is 15.7 Å². The minimum Gasteiger partial charge on any atom is -0.478 e. The molecule has 0 unspecified atom stereocenters. The van der Waals surface area contributed by atoms with E-state index in [2.05, 4.69) is 15.9 Å². The number of rotatable bonds is 4. The van der Waals surface area contributed by atoms with Crippen molar-refractivity contribution in [3.63, 3.8) is 0 Å². The van der Waals surface area contributed by atoms with Crippen molar-refractivity contribution in [2.45, 2.75) is 6.54 Å². The Balaban J connectivity index is 2.29. The third kappa shape index (κ3) is 3.11. The van der Waals surface area contributed by atoms with Crippen LogP contribution in [0.1, 0.15) is 15.9 Å². The fourth-order valence-corrected chi connectivity index (χ4v) is 2.38. The molecule has 0 saturated carbocycles. The average molecular weight is 335 g/mol. The monoisotopic (exact) mass is 334 g/mol. The SMILES string of the molecule is CN(Cc1ccccc1Br)c1cc(C(=O)O)ccc1N. The zero-order valence-electron chi connectivity index (χ0n) is 11.0. The van der Waals surface area contributed by atoms with Gasteiger partial charge in [0, 0.05) is 18.1 Å². The van der Waals surface area contributed by atoms with Gasteiger partial charge in [-0.15, -0.1) is 0 Å². The standard InChI is InChI=1S/C15H15BrN2O2/c1-18(9-11-4-2-3-5-12(11)16)14-8-10(15(19)20)6-7-13(14)17/h2-8H,9,17H2,1H3,(H,19,20). The van der Waals surface area contributed by atoms with Gasteiger partial charge in [-0.05, 0) is 29.8 Å². The number of anilines is 2. The topological polar surface area (TPSA) is 66.6 Å². The molecule has 20 heavy (non-hydrogen) atoms. The van der Waals surface area contributed by atoms with Gasteiger partial charge in [-0.1, -0.05) is 34.1 Å². The quantitative estimate of drug-likeness (QED) is 0.841. The van der Waals surface area contributed by atoms with Crippen molar-refractivity contribution < 1.29 is 9.90 Å². The van der Waals surface area contributed by atoms with Gasteiger partial charge in [0.25, 0.3) is 0 Å². The van der Waals surface area contributed by atoms with E-state index in [0.717, 1.165) is 10.0 Å². The molecule has 2 aromatic rings. The summed E-state index contributed by atoms with van der Waals surface area (Å²) in [5.41, 5.74) is 8.54. The molecule has 2 rings (SSSR count). The van der Waals surface area contributed by atoms with Crippen LogP contribution < -0.4 is 10.6 Å². The maximum atomic E-state index is 11.0. The Kier molecular flexibility index (Phi) is 4.29. The molecule has 0 radical (unpaired) electrons. The van der Waals surface area contributed by atoms with E-state index in [4.69, 9.17) is 10.8 Å². The highest BCUT2D eigenvalue weighted by molar-refractivity contribution is 9.10. The minimum absolute atomic E-state index is 0.230. The summed E-state index contributed by atoms with van der Waals surface area (Å²) in [6, 6.07) is 12.6. The highest BCUT2D eigenvalue weighted by Gasteiger charge is 2.11. The second-order valence-corrected chi connectivity index (χ2v) is 5.38. The van der Waals surface area contributed by atoms with Crippen molar-refractivity contribution in [1.82, 2.24) is 0 Å². The van der Waals surface area contributed by atoms with Crippen LogP contribution in [-0.4, -0.2) is 18.1 Å². The van der Waals surface area contributed by atoms with Crippen LogP contribution in [0.4, 0.5) is 11.4 Å². The number of aromatic carboxylic acids is 1. The zero-order chi connectivity index (χ0) is 14.7. The van der Waals surface area contributed by atoms with Crippen LogP contribution in [0.25, 0.3) is 0 Å². The third-order valence-corrected chi connectivity index (χ3v) is 3.83. The number of nitrogens with zero attached hydrogens (tertiary/aromatic N) is 1. The second kappa shape index (κ2) is 5.96. The lowest BCUT2D eigenvalue weighted by atomic mass is 10.1. The first-order valence-electron chi connectivity index (χ1n) is 6.06. The number of benzene rings is 2. The Hall–Kier alpha value is -2.01. The van der Waals surface area contributed by atoms with Gasteiger partial charge >= 0.3 is 5.97 Å². The summed E-state index contributed by atoms with van der Waals surface area (Å²) in [7, 11) is 1.89. The predicted molar refractivity (Wildman–Crippen MR) is 84.1 cm³/mol. The van der Waals surface area contributed by atoms with E-state index in [1.54, 1.807) is 12.1 Å². The fraction of sp³-hybridized carbons (Fsp3) is 0.133. The Morgan fingerprint density at radius 3 is 2.65 bits per heavy atom. The Morgan fingerprint density at radius 2 is 2.00 bits per heavy atom. The Morgan fingerprint density at radius 1 is 1.30 bits per heavy atom. The van der Waals surface area contributed by atoms with E-state index in [9.17, 15) is 4.79 Å². The van der Waals surface area contributed by atoms with E-state index in [1.165, 1.54) is 6.07 Å². The van der Waals surface area contributed by atoms with Crippen LogP contribution in [0.15, 0.2) is 46.9 Å². The van der Waals surface area contributed by atoms with Gasteiger partial charge in [0.1, 0.15) is 0 Å². The molecule has 0 aliphatic carbocycles. The van der Waals surface area contributed by atoms with E-state index in [1.807, 2.05) is 36.2 Å². The Bertz CT molecular complexity index is 644. The molecule has 0 aromatic heterocycles. The molecular formula is C15H15BrN2O2. The van der Waals surface area contributed by atoms with Crippen molar-refractivity contribution >= 4 is 33.3 Å². The van der Waals surface area contributed by atoms with Crippen molar-refractivity contribution in [3.8, 4) is 0 Å². The molecule has 2 aromatic carbocycles. The first-order valence-corrected chi connectivity index (χ1v) is 6.85. The first kappa shape index (κ1) is 14.4. The first-order chi connectivity index (χ1) is 9.49. The number of hydrogen-bond acceptors (Lipinski definition) is 3. The van der Waals surface area contributed by atoms with Crippen LogP contribution in [0, 0.1) is 0 Å². The summed E-state index contributed by atoms with van der Waals surface area (Å²) < 4.78 is 1.01. The number of carboxylic acids is 1. The highest BCUT2D eigenvalue weighted by Crippen LogP contribution is 2.26. The lowest BCUT2D eigenvalue weighted by Gasteiger charge is -2.22. The molecule has 5 heteroatoms. The summed E-state index contributed by atoms with van der Waals surface area (Å²) in [4.78, 5) is 13.0. The molecule has 0 fully saturated rings. The van der Waals surface area contributed by atoms with Crippen molar-refractivity contribution in [2.24, 2.45) is 0 Å². The third-order valence-electron chi connectivity index (χ3n) is 3.05. The minimum atomic E-state index is -0.958. The lowest BCUT2D eigenvalue weighted by molar-refractivity contribution is 0.0697. The number of nitrogens with two attached hydrogens (primary N) is 1. The molecule has 0 atom stereocenters. The second-order valence-electron chi connectivity index (χ2n) is 4.53. The molecule has 4 nitrogen and oxygen atoms in total. The van der Waals surface area contributed by atoms with E-state index < -0.39 is 5.97 Å². The van der Waals surface area contributed by atoms with Gasteiger partial charge in [0.05, 0.1) is 16.9 Å². The van der Waals surface area contributed by atoms with Crippen molar-refractivity contribution in [3.05, 3.63) is 58.1 Å². The molecule has 0 amide bonds. The van der Waals surface area contributed by atoms with E-state index in [-0.39, 0.29) is 5.56 Å². The number of nitrogen functional groups attached to an aromatic ring is 1. The van der Waals surface area contributed by atoms with E-state index >= 15 is 0 Å². The predicted octanol–water partition coefficient (Wildman–Crippen LogP) is 3.37.